The van der Waals surface area contributed by atoms with Crippen LogP contribution in [0.2, 0.25) is 0 Å². The van der Waals surface area contributed by atoms with Gasteiger partial charge in [-0.25, -0.2) is 0 Å². The van der Waals surface area contributed by atoms with Crippen LogP contribution in [0.3, 0.4) is 0 Å². The Morgan fingerprint density at radius 3 is 2.36 bits per heavy atom. The summed E-state index contributed by atoms with van der Waals surface area (Å²) in [5.41, 5.74) is 0.245. The van der Waals surface area contributed by atoms with E-state index in [0.29, 0.717) is 5.56 Å². The van der Waals surface area contributed by atoms with Crippen LogP contribution in [0, 0.1) is 10.1 Å². The molecule has 22 heavy (non-hydrogen) atoms. The number of hydrogen-bond donors (Lipinski definition) is 1. The highest BCUT2D eigenvalue weighted by molar-refractivity contribution is 6.08. The zero-order valence-corrected chi connectivity index (χ0v) is 11.4. The van der Waals surface area contributed by atoms with Crippen LogP contribution >= 0.6 is 0 Å². The van der Waals surface area contributed by atoms with Crippen LogP contribution in [0.25, 0.3) is 0 Å². The number of aliphatic carboxylic acids is 1. The maximum atomic E-state index is 12.5. The molecule has 0 atom stereocenters. The molecule has 7 heteroatoms. The lowest BCUT2D eigenvalue weighted by Gasteiger charge is -2.20. The molecule has 7 nitrogen and oxygen atoms in total. The molecule has 2 rings (SSSR count). The molecule has 112 valence electrons. The van der Waals surface area contributed by atoms with E-state index in [4.69, 9.17) is 5.11 Å². The second-order valence-corrected chi connectivity index (χ2v) is 4.43. The average Bonchev–Trinajstić information content (AvgIpc) is 2.52. The van der Waals surface area contributed by atoms with Crippen molar-refractivity contribution in [3.05, 3.63) is 70.3 Å². The van der Waals surface area contributed by atoms with Crippen LogP contribution in [0.15, 0.2) is 54.6 Å². The van der Waals surface area contributed by atoms with E-state index in [9.17, 15) is 19.7 Å². The van der Waals surface area contributed by atoms with Gasteiger partial charge in [-0.05, 0) is 18.2 Å². The molecule has 0 bridgehead atoms. The molecule has 2 aromatic rings. The Hall–Kier alpha value is -3.22. The fourth-order valence-electron chi connectivity index (χ4n) is 1.93. The number of carbonyl (C=O) groups excluding carboxylic acids is 1. The Kier molecular flexibility index (Phi) is 4.47. The van der Waals surface area contributed by atoms with Gasteiger partial charge in [0.2, 0.25) is 0 Å². The molecular formula is C15H12N2O5. The molecule has 0 unspecified atom stereocenters. The fourth-order valence-corrected chi connectivity index (χ4v) is 1.93. The van der Waals surface area contributed by atoms with E-state index in [1.807, 2.05) is 0 Å². The first-order valence-corrected chi connectivity index (χ1v) is 6.32. The van der Waals surface area contributed by atoms with Gasteiger partial charge in [0.1, 0.15) is 6.54 Å². The number of amides is 1. The summed E-state index contributed by atoms with van der Waals surface area (Å²) in [4.78, 5) is 34.7. The molecule has 0 saturated carbocycles. The van der Waals surface area contributed by atoms with E-state index < -0.39 is 23.3 Å². The number of nitro groups is 1. The molecule has 1 amide bonds. The highest BCUT2D eigenvalue weighted by atomic mass is 16.6. The molecule has 0 fully saturated rings. The van der Waals surface area contributed by atoms with Gasteiger partial charge in [0.25, 0.3) is 11.6 Å². The lowest BCUT2D eigenvalue weighted by Crippen LogP contribution is -2.35. The Morgan fingerprint density at radius 2 is 1.77 bits per heavy atom. The van der Waals surface area contributed by atoms with Crippen molar-refractivity contribution in [2.75, 3.05) is 11.4 Å². The minimum atomic E-state index is -1.21. The highest BCUT2D eigenvalue weighted by Crippen LogP contribution is 2.22. The summed E-state index contributed by atoms with van der Waals surface area (Å²) in [6.07, 6.45) is 0. The van der Waals surface area contributed by atoms with E-state index in [-0.39, 0.29) is 11.4 Å². The van der Waals surface area contributed by atoms with Crippen molar-refractivity contribution in [3.63, 3.8) is 0 Å². The van der Waals surface area contributed by atoms with Crippen molar-refractivity contribution < 1.29 is 19.6 Å². The van der Waals surface area contributed by atoms with E-state index >= 15 is 0 Å². The standard InChI is InChI=1S/C15H12N2O5/c18-14(19)10-16(15(20)11-5-2-1-3-6-11)12-7-4-8-13(9-12)17(21)22/h1-9H,10H2,(H,18,19). The summed E-state index contributed by atoms with van der Waals surface area (Å²) in [7, 11) is 0. The van der Waals surface area contributed by atoms with Crippen LogP contribution in [-0.2, 0) is 4.79 Å². The Bertz CT molecular complexity index is 715. The van der Waals surface area contributed by atoms with Crippen molar-refractivity contribution in [2.45, 2.75) is 0 Å². The van der Waals surface area contributed by atoms with Crippen LogP contribution in [0.1, 0.15) is 10.4 Å². The molecule has 2 aromatic carbocycles. The third-order valence-corrected chi connectivity index (χ3v) is 2.91. The summed E-state index contributed by atoms with van der Waals surface area (Å²) in [5, 5.41) is 19.8. The fraction of sp³-hybridized carbons (Fsp3) is 0.0667. The molecule has 0 aliphatic carbocycles. The monoisotopic (exact) mass is 300 g/mol. The van der Waals surface area contributed by atoms with Crippen LogP contribution < -0.4 is 4.90 Å². The van der Waals surface area contributed by atoms with Gasteiger partial charge in [0.05, 0.1) is 10.6 Å². The average molecular weight is 300 g/mol. The number of nitro benzene ring substituents is 1. The number of nitrogens with zero attached hydrogens (tertiary/aromatic N) is 2. The van der Waals surface area contributed by atoms with Gasteiger partial charge in [-0.3, -0.25) is 24.6 Å². The van der Waals surface area contributed by atoms with Crippen LogP contribution in [0.5, 0.6) is 0 Å². The molecule has 0 saturated heterocycles. The number of benzene rings is 2. The lowest BCUT2D eigenvalue weighted by atomic mass is 10.1. The predicted molar refractivity (Wildman–Crippen MR) is 78.9 cm³/mol. The topological polar surface area (TPSA) is 101 Å². The summed E-state index contributed by atoms with van der Waals surface area (Å²) in [6, 6.07) is 13.4. The van der Waals surface area contributed by atoms with Gasteiger partial charge in [-0.1, -0.05) is 24.3 Å². The maximum Gasteiger partial charge on any atom is 0.323 e. The highest BCUT2D eigenvalue weighted by Gasteiger charge is 2.21. The van der Waals surface area contributed by atoms with E-state index in [0.717, 1.165) is 4.90 Å². The normalized spacial score (nSPS) is 10.0. The third kappa shape index (κ3) is 3.45. The number of carboxylic acids is 1. The molecule has 0 aliphatic rings. The second-order valence-electron chi connectivity index (χ2n) is 4.43. The molecule has 0 heterocycles. The SMILES string of the molecule is O=C(O)CN(C(=O)c1ccccc1)c1cccc([N+](=O)[O-])c1. The largest absolute Gasteiger partial charge is 0.480 e. The summed E-state index contributed by atoms with van der Waals surface area (Å²) in [5.74, 6) is -1.75. The van der Waals surface area contributed by atoms with E-state index in [2.05, 4.69) is 0 Å². The van der Waals surface area contributed by atoms with Gasteiger partial charge in [0.15, 0.2) is 0 Å². The van der Waals surface area contributed by atoms with Crippen LogP contribution in [-0.4, -0.2) is 28.5 Å². The maximum absolute atomic E-state index is 12.5. The van der Waals surface area contributed by atoms with Gasteiger partial charge >= 0.3 is 5.97 Å². The molecule has 0 spiro atoms. The zero-order valence-electron chi connectivity index (χ0n) is 11.4. The van der Waals surface area contributed by atoms with E-state index in [1.165, 1.54) is 24.3 Å². The number of carboxylic acid groups (broad SMARTS) is 1. The van der Waals surface area contributed by atoms with Crippen LogP contribution in [0.4, 0.5) is 11.4 Å². The first kappa shape index (κ1) is 15.2. The number of anilines is 1. The lowest BCUT2D eigenvalue weighted by molar-refractivity contribution is -0.384. The van der Waals surface area contributed by atoms with Gasteiger partial charge in [0, 0.05) is 17.7 Å². The zero-order chi connectivity index (χ0) is 16.1. The molecular weight excluding hydrogens is 288 g/mol. The first-order valence-electron chi connectivity index (χ1n) is 6.32. The van der Waals surface area contributed by atoms with Gasteiger partial charge in [-0.2, -0.15) is 0 Å². The van der Waals surface area contributed by atoms with Gasteiger partial charge < -0.3 is 5.11 Å². The van der Waals surface area contributed by atoms with Crippen molar-refractivity contribution in [1.29, 1.82) is 0 Å². The first-order chi connectivity index (χ1) is 10.5. The minimum Gasteiger partial charge on any atom is -0.480 e. The van der Waals surface area contributed by atoms with Crippen molar-refractivity contribution in [3.8, 4) is 0 Å². The smallest absolute Gasteiger partial charge is 0.323 e. The van der Waals surface area contributed by atoms with Crippen molar-refractivity contribution >= 4 is 23.3 Å². The third-order valence-electron chi connectivity index (χ3n) is 2.91. The molecule has 0 aliphatic heterocycles. The Balaban J connectivity index is 2.42. The summed E-state index contributed by atoms with van der Waals surface area (Å²) in [6.45, 7) is -0.588. The minimum absolute atomic E-state index is 0.158. The molecule has 1 N–H and O–H groups in total. The van der Waals surface area contributed by atoms with E-state index in [1.54, 1.807) is 30.3 Å². The quantitative estimate of drug-likeness (QED) is 0.674. The number of non-ortho nitro benzene ring substituents is 1. The number of hydrogen-bond acceptors (Lipinski definition) is 4. The molecule has 0 aromatic heterocycles. The second kappa shape index (κ2) is 6.49. The number of rotatable bonds is 5. The predicted octanol–water partition coefficient (Wildman–Crippen LogP) is 2.33. The van der Waals surface area contributed by atoms with Crippen molar-refractivity contribution in [2.24, 2.45) is 0 Å². The van der Waals surface area contributed by atoms with Gasteiger partial charge in [-0.15, -0.1) is 0 Å². The summed E-state index contributed by atoms with van der Waals surface area (Å²) >= 11 is 0. The number of carbonyl (C=O) groups is 2. The summed E-state index contributed by atoms with van der Waals surface area (Å²) < 4.78 is 0. The Morgan fingerprint density at radius 1 is 1.09 bits per heavy atom. The van der Waals surface area contributed by atoms with Crippen molar-refractivity contribution in [1.82, 2.24) is 0 Å². The Labute approximate surface area is 125 Å². The molecule has 0 radical (unpaired) electrons.